The molecule has 0 spiro atoms. The summed E-state index contributed by atoms with van der Waals surface area (Å²) in [6.07, 6.45) is -0.482. The SMILES string of the molecule is CCOC(=O)[C@@H](C)NCCNC(=O)OCc1ccccc1. The maximum atomic E-state index is 11.4. The Morgan fingerprint density at radius 2 is 1.86 bits per heavy atom. The zero-order valence-corrected chi connectivity index (χ0v) is 12.4. The highest BCUT2D eigenvalue weighted by atomic mass is 16.5. The van der Waals surface area contributed by atoms with E-state index < -0.39 is 12.1 Å². The van der Waals surface area contributed by atoms with E-state index in [9.17, 15) is 9.59 Å². The first kappa shape index (κ1) is 17.0. The van der Waals surface area contributed by atoms with E-state index in [1.165, 1.54) is 0 Å². The molecule has 1 aromatic rings. The quantitative estimate of drug-likeness (QED) is 0.560. The Bertz CT molecular complexity index is 437. The van der Waals surface area contributed by atoms with Crippen LogP contribution in [0.4, 0.5) is 4.79 Å². The van der Waals surface area contributed by atoms with Crippen molar-refractivity contribution in [2.45, 2.75) is 26.5 Å². The van der Waals surface area contributed by atoms with Gasteiger partial charge in [-0.25, -0.2) is 4.79 Å². The van der Waals surface area contributed by atoms with E-state index in [4.69, 9.17) is 9.47 Å². The molecule has 1 aromatic carbocycles. The van der Waals surface area contributed by atoms with E-state index in [0.29, 0.717) is 19.7 Å². The average Bonchev–Trinajstić information content (AvgIpc) is 2.50. The molecule has 0 aromatic heterocycles. The van der Waals surface area contributed by atoms with Crippen LogP contribution in [0.2, 0.25) is 0 Å². The normalized spacial score (nSPS) is 11.5. The summed E-state index contributed by atoms with van der Waals surface area (Å²) in [6, 6.07) is 9.05. The first-order chi connectivity index (χ1) is 10.1. The van der Waals surface area contributed by atoms with Gasteiger partial charge >= 0.3 is 12.1 Å². The van der Waals surface area contributed by atoms with Gasteiger partial charge in [0.1, 0.15) is 12.6 Å². The van der Waals surface area contributed by atoms with Gasteiger partial charge in [-0.3, -0.25) is 4.79 Å². The van der Waals surface area contributed by atoms with Gasteiger partial charge in [0.15, 0.2) is 0 Å². The lowest BCUT2D eigenvalue weighted by Gasteiger charge is -2.12. The third-order valence-corrected chi connectivity index (χ3v) is 2.70. The predicted molar refractivity (Wildman–Crippen MR) is 78.7 cm³/mol. The molecule has 116 valence electrons. The Hall–Kier alpha value is -2.08. The molecule has 0 heterocycles. The van der Waals surface area contributed by atoms with Gasteiger partial charge in [-0.15, -0.1) is 0 Å². The first-order valence-electron chi connectivity index (χ1n) is 6.98. The second-order valence-electron chi connectivity index (χ2n) is 4.42. The minimum atomic E-state index is -0.482. The van der Waals surface area contributed by atoms with E-state index in [1.807, 2.05) is 30.3 Å². The van der Waals surface area contributed by atoms with E-state index >= 15 is 0 Å². The van der Waals surface area contributed by atoms with Crippen molar-refractivity contribution in [3.63, 3.8) is 0 Å². The van der Waals surface area contributed by atoms with Crippen molar-refractivity contribution < 1.29 is 19.1 Å². The van der Waals surface area contributed by atoms with Gasteiger partial charge in [-0.1, -0.05) is 30.3 Å². The topological polar surface area (TPSA) is 76.7 Å². The van der Waals surface area contributed by atoms with Crippen LogP contribution >= 0.6 is 0 Å². The Labute approximate surface area is 124 Å². The monoisotopic (exact) mass is 294 g/mol. The third kappa shape index (κ3) is 7.31. The highest BCUT2D eigenvalue weighted by Crippen LogP contribution is 2.00. The molecule has 1 amide bonds. The minimum absolute atomic E-state index is 0.235. The number of benzene rings is 1. The molecule has 6 nitrogen and oxygen atoms in total. The van der Waals surface area contributed by atoms with Crippen LogP contribution in [0.25, 0.3) is 0 Å². The summed E-state index contributed by atoms with van der Waals surface area (Å²) < 4.78 is 9.91. The van der Waals surface area contributed by atoms with Crippen LogP contribution < -0.4 is 10.6 Å². The molecule has 21 heavy (non-hydrogen) atoms. The molecule has 1 atom stereocenters. The second kappa shape index (κ2) is 9.77. The predicted octanol–water partition coefficient (Wildman–Crippen LogP) is 1.45. The smallest absolute Gasteiger partial charge is 0.407 e. The number of rotatable bonds is 8. The van der Waals surface area contributed by atoms with Crippen LogP contribution in [0.15, 0.2) is 30.3 Å². The third-order valence-electron chi connectivity index (χ3n) is 2.70. The van der Waals surface area contributed by atoms with Crippen LogP contribution in [-0.4, -0.2) is 37.8 Å². The van der Waals surface area contributed by atoms with E-state index in [1.54, 1.807) is 13.8 Å². The Balaban J connectivity index is 2.09. The Morgan fingerprint density at radius 1 is 1.14 bits per heavy atom. The molecular formula is C15H22N2O4. The molecule has 0 aliphatic rings. The number of carbonyl (C=O) groups excluding carboxylic acids is 2. The van der Waals surface area contributed by atoms with Crippen molar-refractivity contribution >= 4 is 12.1 Å². The van der Waals surface area contributed by atoms with Crippen molar-refractivity contribution in [1.29, 1.82) is 0 Å². The minimum Gasteiger partial charge on any atom is -0.465 e. The van der Waals surface area contributed by atoms with Crippen molar-refractivity contribution in [3.8, 4) is 0 Å². The van der Waals surface area contributed by atoms with Crippen molar-refractivity contribution in [1.82, 2.24) is 10.6 Å². The molecule has 0 radical (unpaired) electrons. The van der Waals surface area contributed by atoms with E-state index in [0.717, 1.165) is 5.56 Å². The van der Waals surface area contributed by atoms with E-state index in [2.05, 4.69) is 10.6 Å². The number of ether oxygens (including phenoxy) is 2. The Morgan fingerprint density at radius 3 is 2.52 bits per heavy atom. The molecule has 0 unspecified atom stereocenters. The van der Waals surface area contributed by atoms with Crippen molar-refractivity contribution in [2.24, 2.45) is 0 Å². The molecule has 0 fully saturated rings. The summed E-state index contributed by atoms with van der Waals surface area (Å²) in [7, 11) is 0. The fraction of sp³-hybridized carbons (Fsp3) is 0.467. The lowest BCUT2D eigenvalue weighted by atomic mass is 10.2. The summed E-state index contributed by atoms with van der Waals surface area (Å²) >= 11 is 0. The summed E-state index contributed by atoms with van der Waals surface area (Å²) in [6.45, 7) is 4.90. The lowest BCUT2D eigenvalue weighted by Crippen LogP contribution is -2.40. The van der Waals surface area contributed by atoms with Gasteiger partial charge in [0.25, 0.3) is 0 Å². The summed E-state index contributed by atoms with van der Waals surface area (Å²) in [5.74, 6) is -0.302. The summed E-state index contributed by atoms with van der Waals surface area (Å²) in [4.78, 5) is 22.8. The van der Waals surface area contributed by atoms with Gasteiger partial charge in [-0.05, 0) is 19.4 Å². The number of nitrogens with one attached hydrogen (secondary N) is 2. The number of esters is 1. The van der Waals surface area contributed by atoms with Gasteiger partial charge in [-0.2, -0.15) is 0 Å². The van der Waals surface area contributed by atoms with Crippen molar-refractivity contribution in [2.75, 3.05) is 19.7 Å². The highest BCUT2D eigenvalue weighted by Gasteiger charge is 2.12. The molecule has 0 saturated heterocycles. The summed E-state index contributed by atoms with van der Waals surface area (Å²) in [5, 5.41) is 5.55. The maximum Gasteiger partial charge on any atom is 0.407 e. The molecule has 0 aliphatic heterocycles. The molecule has 6 heteroatoms. The van der Waals surface area contributed by atoms with Gasteiger partial charge in [0.05, 0.1) is 6.61 Å². The van der Waals surface area contributed by atoms with Crippen molar-refractivity contribution in [3.05, 3.63) is 35.9 Å². The van der Waals surface area contributed by atoms with Crippen LogP contribution in [0, 0.1) is 0 Å². The van der Waals surface area contributed by atoms with Crippen LogP contribution in [-0.2, 0) is 20.9 Å². The molecule has 0 saturated carbocycles. The maximum absolute atomic E-state index is 11.4. The number of amides is 1. The second-order valence-corrected chi connectivity index (χ2v) is 4.42. The Kier molecular flexibility index (Phi) is 7.89. The van der Waals surface area contributed by atoms with Gasteiger partial charge in [0, 0.05) is 13.1 Å². The lowest BCUT2D eigenvalue weighted by molar-refractivity contribution is -0.145. The van der Waals surface area contributed by atoms with E-state index in [-0.39, 0.29) is 12.6 Å². The standard InChI is InChI=1S/C15H22N2O4/c1-3-20-14(18)12(2)16-9-10-17-15(19)21-11-13-7-5-4-6-8-13/h4-8,12,16H,3,9-11H2,1-2H3,(H,17,19)/t12-/m1/s1. The molecular weight excluding hydrogens is 272 g/mol. The number of hydrogen-bond donors (Lipinski definition) is 2. The largest absolute Gasteiger partial charge is 0.465 e. The first-order valence-corrected chi connectivity index (χ1v) is 6.98. The highest BCUT2D eigenvalue weighted by molar-refractivity contribution is 5.75. The number of hydrogen-bond acceptors (Lipinski definition) is 5. The zero-order valence-electron chi connectivity index (χ0n) is 12.4. The molecule has 0 bridgehead atoms. The molecule has 1 rings (SSSR count). The average molecular weight is 294 g/mol. The zero-order chi connectivity index (χ0) is 15.5. The molecule has 0 aliphatic carbocycles. The van der Waals surface area contributed by atoms with Crippen LogP contribution in [0.3, 0.4) is 0 Å². The summed E-state index contributed by atoms with van der Waals surface area (Å²) in [5.41, 5.74) is 0.932. The van der Waals surface area contributed by atoms with Gasteiger partial charge < -0.3 is 20.1 Å². The number of carbonyl (C=O) groups is 2. The molecule has 2 N–H and O–H groups in total. The van der Waals surface area contributed by atoms with Crippen LogP contribution in [0.1, 0.15) is 19.4 Å². The fourth-order valence-corrected chi connectivity index (χ4v) is 1.58. The van der Waals surface area contributed by atoms with Crippen LogP contribution in [0.5, 0.6) is 0 Å². The fourth-order valence-electron chi connectivity index (χ4n) is 1.58. The van der Waals surface area contributed by atoms with Gasteiger partial charge in [0.2, 0.25) is 0 Å². The number of alkyl carbamates (subject to hydrolysis) is 1.